The van der Waals surface area contributed by atoms with E-state index in [1.807, 2.05) is 6.92 Å². The van der Waals surface area contributed by atoms with Gasteiger partial charge in [0.2, 0.25) is 0 Å². The number of allylic oxidation sites excluding steroid dienone is 2. The normalized spacial score (nSPS) is 22.7. The largest absolute Gasteiger partial charge is 0.295 e. The van der Waals surface area contributed by atoms with Crippen molar-refractivity contribution in [2.75, 3.05) is 0 Å². The zero-order chi connectivity index (χ0) is 10.8. The molecule has 2 heteroatoms. The molecule has 0 saturated heterocycles. The molecule has 0 aromatic carbocycles. The Bertz CT molecular complexity index is 243. The number of carbonyl (C=O) groups excluding carboxylic acids is 1. The van der Waals surface area contributed by atoms with Crippen LogP contribution in [0.2, 0.25) is 23.7 Å². The molecule has 80 valence electrons. The van der Waals surface area contributed by atoms with Gasteiger partial charge in [-0.15, -0.1) is 0 Å². The van der Waals surface area contributed by atoms with Gasteiger partial charge in [-0.3, -0.25) is 4.79 Å². The Kier molecular flexibility index (Phi) is 3.70. The molecule has 0 N–H and O–H groups in total. The zero-order valence-corrected chi connectivity index (χ0v) is 10.9. The van der Waals surface area contributed by atoms with Gasteiger partial charge in [0.05, 0.1) is 8.07 Å². The number of hydrogen-bond acceptors (Lipinski definition) is 1. The van der Waals surface area contributed by atoms with Gasteiger partial charge in [-0.1, -0.05) is 45.0 Å². The number of rotatable bonds is 4. The molecular formula is C12H22OSi. The van der Waals surface area contributed by atoms with Crippen LogP contribution in [0.25, 0.3) is 0 Å². The SMILES string of the molecule is CC[Si](CC)(CC)[C@H]1CC=C(C)C1=O. The van der Waals surface area contributed by atoms with Gasteiger partial charge >= 0.3 is 0 Å². The van der Waals surface area contributed by atoms with E-state index in [0.29, 0.717) is 11.3 Å². The van der Waals surface area contributed by atoms with E-state index in [4.69, 9.17) is 0 Å². The topological polar surface area (TPSA) is 17.1 Å². The van der Waals surface area contributed by atoms with E-state index in [1.54, 1.807) is 0 Å². The van der Waals surface area contributed by atoms with Crippen LogP contribution in [0.1, 0.15) is 34.1 Å². The summed E-state index contributed by atoms with van der Waals surface area (Å²) in [6, 6.07) is 3.78. The van der Waals surface area contributed by atoms with Gasteiger partial charge in [-0.2, -0.15) is 0 Å². The fourth-order valence-corrected chi connectivity index (χ4v) is 7.17. The van der Waals surface area contributed by atoms with E-state index in [-0.39, 0.29) is 0 Å². The number of ketones is 1. The Balaban J connectivity index is 2.87. The minimum Gasteiger partial charge on any atom is -0.295 e. The number of carbonyl (C=O) groups is 1. The Morgan fingerprint density at radius 1 is 1.29 bits per heavy atom. The summed E-state index contributed by atoms with van der Waals surface area (Å²) in [5.74, 6) is 0.460. The lowest BCUT2D eigenvalue weighted by Crippen LogP contribution is -2.40. The van der Waals surface area contributed by atoms with Crippen molar-refractivity contribution < 1.29 is 4.79 Å². The lowest BCUT2D eigenvalue weighted by atomic mass is 10.2. The summed E-state index contributed by atoms with van der Waals surface area (Å²) < 4.78 is 0. The van der Waals surface area contributed by atoms with E-state index in [2.05, 4.69) is 26.8 Å². The van der Waals surface area contributed by atoms with Gasteiger partial charge in [0, 0.05) is 5.54 Å². The van der Waals surface area contributed by atoms with Crippen molar-refractivity contribution >= 4 is 13.9 Å². The number of hydrogen-bond donors (Lipinski definition) is 0. The Morgan fingerprint density at radius 2 is 1.79 bits per heavy atom. The molecule has 0 fully saturated rings. The summed E-state index contributed by atoms with van der Waals surface area (Å²) in [7, 11) is -1.29. The molecule has 0 spiro atoms. The summed E-state index contributed by atoms with van der Waals surface area (Å²) >= 11 is 0. The molecule has 0 aromatic heterocycles. The van der Waals surface area contributed by atoms with Gasteiger partial charge in [0.25, 0.3) is 0 Å². The van der Waals surface area contributed by atoms with Crippen LogP contribution < -0.4 is 0 Å². The van der Waals surface area contributed by atoms with Crippen molar-refractivity contribution in [3.05, 3.63) is 11.6 Å². The molecule has 1 aliphatic rings. The molecule has 1 nitrogen and oxygen atoms in total. The molecule has 0 aromatic rings. The Hall–Kier alpha value is -0.373. The van der Waals surface area contributed by atoms with Crippen LogP contribution in [0.15, 0.2) is 11.6 Å². The third-order valence-electron chi connectivity index (χ3n) is 4.22. The van der Waals surface area contributed by atoms with Gasteiger partial charge in [0.1, 0.15) is 0 Å². The Morgan fingerprint density at radius 3 is 2.07 bits per heavy atom. The molecule has 1 rings (SSSR count). The fraction of sp³-hybridized carbons (Fsp3) is 0.750. The van der Waals surface area contributed by atoms with E-state index in [9.17, 15) is 4.79 Å². The lowest BCUT2D eigenvalue weighted by Gasteiger charge is -2.33. The first-order valence-corrected chi connectivity index (χ1v) is 8.52. The monoisotopic (exact) mass is 210 g/mol. The molecule has 0 bridgehead atoms. The van der Waals surface area contributed by atoms with E-state index in [1.165, 1.54) is 18.1 Å². The van der Waals surface area contributed by atoms with Crippen LogP contribution in [0.3, 0.4) is 0 Å². The summed E-state index contributed by atoms with van der Waals surface area (Å²) in [6.45, 7) is 8.81. The molecule has 0 aliphatic heterocycles. The van der Waals surface area contributed by atoms with Gasteiger partial charge in [-0.25, -0.2) is 0 Å². The molecule has 0 amide bonds. The van der Waals surface area contributed by atoms with Crippen LogP contribution in [0.4, 0.5) is 0 Å². The van der Waals surface area contributed by atoms with Crippen LogP contribution in [0, 0.1) is 0 Å². The highest BCUT2D eigenvalue weighted by molar-refractivity contribution is 6.84. The highest BCUT2D eigenvalue weighted by Gasteiger charge is 2.42. The standard InChI is InChI=1S/C12H22OSi/c1-5-14(6-2,7-3)11-9-8-10(4)12(11)13/h8,11H,5-7,9H2,1-4H3/t11-/m0/s1. The fourth-order valence-electron chi connectivity index (χ4n) is 2.79. The lowest BCUT2D eigenvalue weighted by molar-refractivity contribution is -0.115. The average Bonchev–Trinajstić information content (AvgIpc) is 2.54. The predicted octanol–water partition coefficient (Wildman–Crippen LogP) is 3.78. The van der Waals surface area contributed by atoms with Crippen molar-refractivity contribution in [2.24, 2.45) is 0 Å². The van der Waals surface area contributed by atoms with Crippen molar-refractivity contribution in [2.45, 2.75) is 57.8 Å². The predicted molar refractivity (Wildman–Crippen MR) is 64.3 cm³/mol. The van der Waals surface area contributed by atoms with Gasteiger partial charge in [-0.05, 0) is 18.9 Å². The molecule has 0 radical (unpaired) electrons. The molecular weight excluding hydrogens is 188 g/mol. The first kappa shape index (κ1) is 11.7. The van der Waals surface area contributed by atoms with Crippen molar-refractivity contribution in [1.29, 1.82) is 0 Å². The molecule has 0 unspecified atom stereocenters. The van der Waals surface area contributed by atoms with Crippen LogP contribution in [-0.2, 0) is 4.79 Å². The molecule has 1 atom stereocenters. The highest BCUT2D eigenvalue weighted by Crippen LogP contribution is 2.41. The van der Waals surface area contributed by atoms with Gasteiger partial charge in [0.15, 0.2) is 5.78 Å². The molecule has 1 aliphatic carbocycles. The summed E-state index contributed by atoms with van der Waals surface area (Å²) in [5.41, 5.74) is 1.42. The maximum Gasteiger partial charge on any atom is 0.158 e. The second-order valence-corrected chi connectivity index (χ2v) is 10.0. The van der Waals surface area contributed by atoms with Crippen molar-refractivity contribution in [1.82, 2.24) is 0 Å². The third-order valence-corrected chi connectivity index (χ3v) is 10.4. The minimum atomic E-state index is -1.29. The van der Waals surface area contributed by atoms with Crippen LogP contribution >= 0.6 is 0 Å². The average molecular weight is 210 g/mol. The second-order valence-electron chi connectivity index (χ2n) is 4.46. The molecule has 0 saturated carbocycles. The third kappa shape index (κ3) is 1.72. The first-order chi connectivity index (χ1) is 6.61. The summed E-state index contributed by atoms with van der Waals surface area (Å²) in [5, 5.41) is 0. The van der Waals surface area contributed by atoms with Crippen molar-refractivity contribution in [3.63, 3.8) is 0 Å². The summed E-state index contributed by atoms with van der Waals surface area (Å²) in [4.78, 5) is 12.0. The van der Waals surface area contributed by atoms with Crippen LogP contribution in [0.5, 0.6) is 0 Å². The zero-order valence-electron chi connectivity index (χ0n) is 9.89. The molecule has 0 heterocycles. The Labute approximate surface area is 88.6 Å². The van der Waals surface area contributed by atoms with Gasteiger partial charge < -0.3 is 0 Å². The first-order valence-electron chi connectivity index (χ1n) is 5.82. The number of Topliss-reactive ketones (excluding diaryl/α,β-unsaturated/α-hetero) is 1. The van der Waals surface area contributed by atoms with E-state index >= 15 is 0 Å². The highest BCUT2D eigenvalue weighted by atomic mass is 28.3. The quantitative estimate of drug-likeness (QED) is 0.645. The van der Waals surface area contributed by atoms with Crippen molar-refractivity contribution in [3.8, 4) is 0 Å². The minimum absolute atomic E-state index is 0.405. The summed E-state index contributed by atoms with van der Waals surface area (Å²) in [6.07, 6.45) is 3.18. The van der Waals surface area contributed by atoms with Crippen LogP contribution in [-0.4, -0.2) is 13.9 Å². The van der Waals surface area contributed by atoms with E-state index < -0.39 is 8.07 Å². The molecule has 14 heavy (non-hydrogen) atoms. The van der Waals surface area contributed by atoms with E-state index in [0.717, 1.165) is 12.0 Å². The maximum absolute atomic E-state index is 12.0. The second kappa shape index (κ2) is 4.43. The smallest absolute Gasteiger partial charge is 0.158 e. The maximum atomic E-state index is 12.0.